The number of hydrogen-bond donors (Lipinski definition) is 1. The van der Waals surface area contributed by atoms with E-state index in [1.54, 1.807) is 6.07 Å². The van der Waals surface area contributed by atoms with Crippen molar-refractivity contribution in [2.24, 2.45) is 0 Å². The second-order valence-corrected chi connectivity index (χ2v) is 4.44. The van der Waals surface area contributed by atoms with Crippen molar-refractivity contribution in [3.8, 4) is 16.9 Å². The Labute approximate surface area is 86.5 Å². The van der Waals surface area contributed by atoms with E-state index >= 15 is 0 Å². The summed E-state index contributed by atoms with van der Waals surface area (Å²) in [7, 11) is 0.949. The van der Waals surface area contributed by atoms with Gasteiger partial charge in [0.2, 0.25) is 0 Å². The Bertz CT molecular complexity index is 437. The van der Waals surface area contributed by atoms with Gasteiger partial charge in [-0.15, -0.1) is 0 Å². The van der Waals surface area contributed by atoms with E-state index in [0.29, 0.717) is 5.75 Å². The van der Waals surface area contributed by atoms with Crippen LogP contribution in [-0.2, 0) is 0 Å². The molecule has 0 unspecified atom stereocenters. The van der Waals surface area contributed by atoms with Crippen LogP contribution in [0, 0.1) is 0 Å². The fraction of sp³-hybridized carbons (Fsp3) is 0. The average Bonchev–Trinajstić information content (AvgIpc) is 2.19. The van der Waals surface area contributed by atoms with E-state index in [2.05, 4.69) is 12.1 Å². The Kier molecular flexibility index (Phi) is 2.37. The highest BCUT2D eigenvalue weighted by atomic mass is 28.1. The first-order valence-electron chi connectivity index (χ1n) is 4.62. The molecule has 1 N–H and O–H groups in total. The zero-order valence-corrected chi connectivity index (χ0v) is 10.1. The second-order valence-electron chi connectivity index (χ2n) is 3.37. The molecular weight excluding hydrogens is 188 g/mol. The molecule has 2 aromatic rings. The van der Waals surface area contributed by atoms with Crippen LogP contribution < -0.4 is 5.19 Å². The van der Waals surface area contributed by atoms with Crippen LogP contribution in [0.2, 0.25) is 0 Å². The first kappa shape index (κ1) is 9.03. The highest BCUT2D eigenvalue weighted by Gasteiger charge is 2.00. The summed E-state index contributed by atoms with van der Waals surface area (Å²) >= 11 is 0. The van der Waals surface area contributed by atoms with Gasteiger partial charge in [-0.25, -0.2) is 0 Å². The van der Waals surface area contributed by atoms with Gasteiger partial charge in [0, 0.05) is 10.2 Å². The molecule has 0 fully saturated rings. The average molecular weight is 200 g/mol. The summed E-state index contributed by atoms with van der Waals surface area (Å²) in [5.41, 5.74) is 2.45. The van der Waals surface area contributed by atoms with Crippen molar-refractivity contribution in [1.82, 2.24) is 0 Å². The van der Waals surface area contributed by atoms with Gasteiger partial charge in [0.25, 0.3) is 0 Å². The van der Waals surface area contributed by atoms with E-state index in [9.17, 15) is 5.11 Å². The molecule has 0 aliphatic rings. The van der Waals surface area contributed by atoms with Gasteiger partial charge >= 0.3 is 0 Å². The van der Waals surface area contributed by atoms with Crippen molar-refractivity contribution in [2.45, 2.75) is 0 Å². The summed E-state index contributed by atoms with van der Waals surface area (Å²) in [6, 6.07) is 15.8. The third-order valence-electron chi connectivity index (χ3n) is 2.29. The fourth-order valence-electron chi connectivity index (χ4n) is 1.59. The lowest BCUT2D eigenvalue weighted by Crippen LogP contribution is -2.05. The van der Waals surface area contributed by atoms with Gasteiger partial charge in [0.15, 0.2) is 0 Å². The van der Waals surface area contributed by atoms with E-state index in [4.69, 9.17) is 0 Å². The SMILES string of the molecule is Oc1ccc(-c2ccccc2)c([SiH3])c1. The predicted octanol–water partition coefficient (Wildman–Crippen LogP) is 1.05. The maximum Gasteiger partial charge on any atom is 0.115 e. The van der Waals surface area contributed by atoms with Crippen molar-refractivity contribution in [2.75, 3.05) is 0 Å². The van der Waals surface area contributed by atoms with Crippen molar-refractivity contribution in [3.63, 3.8) is 0 Å². The maximum atomic E-state index is 9.31. The minimum Gasteiger partial charge on any atom is -0.508 e. The molecule has 0 heterocycles. The smallest absolute Gasteiger partial charge is 0.115 e. The van der Waals surface area contributed by atoms with Gasteiger partial charge in [-0.2, -0.15) is 0 Å². The molecular formula is C12H12OSi. The molecule has 0 bridgehead atoms. The third-order valence-corrected chi connectivity index (χ3v) is 3.12. The quantitative estimate of drug-likeness (QED) is 0.682. The highest BCUT2D eigenvalue weighted by molar-refractivity contribution is 6.36. The minimum absolute atomic E-state index is 0.356. The molecule has 14 heavy (non-hydrogen) atoms. The van der Waals surface area contributed by atoms with Gasteiger partial charge in [-0.3, -0.25) is 0 Å². The Morgan fingerprint density at radius 2 is 1.64 bits per heavy atom. The van der Waals surface area contributed by atoms with Crippen LogP contribution in [-0.4, -0.2) is 15.3 Å². The Morgan fingerprint density at radius 1 is 0.929 bits per heavy atom. The van der Waals surface area contributed by atoms with Gasteiger partial charge in [-0.05, 0) is 23.3 Å². The highest BCUT2D eigenvalue weighted by Crippen LogP contribution is 2.18. The first-order chi connectivity index (χ1) is 6.77. The van der Waals surface area contributed by atoms with E-state index in [1.807, 2.05) is 30.3 Å². The summed E-state index contributed by atoms with van der Waals surface area (Å²) in [6.07, 6.45) is 0. The normalized spacial score (nSPS) is 10.3. The summed E-state index contributed by atoms with van der Waals surface area (Å²) in [5.74, 6) is 0.356. The van der Waals surface area contributed by atoms with Crippen LogP contribution in [0.4, 0.5) is 0 Å². The standard InChI is InChI=1S/C12H12OSi/c13-10-6-7-11(12(14)8-10)9-4-2-1-3-5-9/h1-8,13H,14H3. The molecule has 0 saturated carbocycles. The molecule has 0 aromatic heterocycles. The topological polar surface area (TPSA) is 20.2 Å². The van der Waals surface area contributed by atoms with Gasteiger partial charge < -0.3 is 5.11 Å². The van der Waals surface area contributed by atoms with Crippen molar-refractivity contribution < 1.29 is 5.11 Å². The van der Waals surface area contributed by atoms with Crippen LogP contribution in [0.1, 0.15) is 0 Å². The molecule has 1 nitrogen and oxygen atoms in total. The molecule has 0 radical (unpaired) electrons. The fourth-order valence-corrected chi connectivity index (χ4v) is 2.34. The van der Waals surface area contributed by atoms with Crippen LogP contribution >= 0.6 is 0 Å². The zero-order valence-electron chi connectivity index (χ0n) is 8.07. The zero-order chi connectivity index (χ0) is 9.97. The largest absolute Gasteiger partial charge is 0.508 e. The summed E-state index contributed by atoms with van der Waals surface area (Å²) < 4.78 is 0. The van der Waals surface area contributed by atoms with Crippen molar-refractivity contribution >= 4 is 15.4 Å². The molecule has 2 aromatic carbocycles. The van der Waals surface area contributed by atoms with E-state index in [0.717, 1.165) is 10.2 Å². The Hall–Kier alpha value is -1.54. The first-order valence-corrected chi connectivity index (χ1v) is 5.62. The molecule has 2 heteroatoms. The van der Waals surface area contributed by atoms with Crippen LogP contribution in [0.5, 0.6) is 5.75 Å². The summed E-state index contributed by atoms with van der Waals surface area (Å²) in [6.45, 7) is 0. The number of aromatic hydroxyl groups is 1. The second kappa shape index (κ2) is 3.68. The predicted molar refractivity (Wildman–Crippen MR) is 63.1 cm³/mol. The van der Waals surface area contributed by atoms with Crippen molar-refractivity contribution in [3.05, 3.63) is 48.5 Å². The number of phenolic OH excluding ortho intramolecular Hbond substituents is 1. The Morgan fingerprint density at radius 3 is 2.29 bits per heavy atom. The van der Waals surface area contributed by atoms with Crippen LogP contribution in [0.3, 0.4) is 0 Å². The van der Waals surface area contributed by atoms with E-state index in [-0.39, 0.29) is 0 Å². The van der Waals surface area contributed by atoms with Crippen LogP contribution in [0.15, 0.2) is 48.5 Å². The molecule has 0 aliphatic heterocycles. The van der Waals surface area contributed by atoms with Gasteiger partial charge in [-0.1, -0.05) is 41.6 Å². The monoisotopic (exact) mass is 200 g/mol. The molecule has 0 amide bonds. The molecule has 0 saturated heterocycles. The van der Waals surface area contributed by atoms with E-state index in [1.165, 1.54) is 16.3 Å². The molecule has 0 atom stereocenters. The Balaban J connectivity index is 2.53. The van der Waals surface area contributed by atoms with Gasteiger partial charge in [0.05, 0.1) is 0 Å². The molecule has 2 rings (SSSR count). The maximum absolute atomic E-state index is 9.31. The number of hydrogen-bond acceptors (Lipinski definition) is 1. The third kappa shape index (κ3) is 1.70. The van der Waals surface area contributed by atoms with Crippen LogP contribution in [0.25, 0.3) is 11.1 Å². The minimum atomic E-state index is 0.356. The molecule has 70 valence electrons. The lowest BCUT2D eigenvalue weighted by atomic mass is 10.1. The lowest BCUT2D eigenvalue weighted by Gasteiger charge is -2.05. The molecule has 0 aliphatic carbocycles. The number of rotatable bonds is 1. The number of phenols is 1. The summed E-state index contributed by atoms with van der Waals surface area (Å²) in [5, 5.41) is 10.5. The van der Waals surface area contributed by atoms with Gasteiger partial charge in [0.1, 0.15) is 5.75 Å². The van der Waals surface area contributed by atoms with Crippen molar-refractivity contribution in [1.29, 1.82) is 0 Å². The molecule has 0 spiro atoms. The number of benzene rings is 2. The lowest BCUT2D eigenvalue weighted by molar-refractivity contribution is 0.476. The summed E-state index contributed by atoms with van der Waals surface area (Å²) in [4.78, 5) is 0. The van der Waals surface area contributed by atoms with E-state index < -0.39 is 0 Å².